The van der Waals surface area contributed by atoms with E-state index in [1.54, 1.807) is 27.4 Å². The maximum atomic E-state index is 12.8. The third-order valence-corrected chi connectivity index (χ3v) is 6.59. The molecule has 0 aromatic heterocycles. The van der Waals surface area contributed by atoms with E-state index in [0.29, 0.717) is 24.6 Å². The number of hydrogen-bond donors (Lipinski definition) is 0. The molecule has 23 heavy (non-hydrogen) atoms. The summed E-state index contributed by atoms with van der Waals surface area (Å²) >= 11 is 0. The molecule has 1 aromatic carbocycles. The van der Waals surface area contributed by atoms with Gasteiger partial charge < -0.3 is 4.90 Å². The normalized spacial score (nSPS) is 23.2. The van der Waals surface area contributed by atoms with Crippen molar-refractivity contribution in [2.75, 3.05) is 26.2 Å². The van der Waals surface area contributed by atoms with Crippen molar-refractivity contribution in [2.24, 2.45) is 5.92 Å². The molecular weight excluding hydrogens is 312 g/mol. The van der Waals surface area contributed by atoms with Crippen molar-refractivity contribution in [1.29, 1.82) is 0 Å². The number of amides is 1. The third kappa shape index (κ3) is 3.43. The zero-order chi connectivity index (χ0) is 16.4. The molecule has 0 N–H and O–H groups in total. The van der Waals surface area contributed by atoms with Crippen molar-refractivity contribution >= 4 is 15.9 Å². The van der Waals surface area contributed by atoms with Gasteiger partial charge in [-0.05, 0) is 49.8 Å². The summed E-state index contributed by atoms with van der Waals surface area (Å²) in [6.07, 6.45) is 4.01. The molecule has 0 aliphatic carbocycles. The summed E-state index contributed by atoms with van der Waals surface area (Å²) in [5.41, 5.74) is 0.470. The molecule has 1 amide bonds. The van der Waals surface area contributed by atoms with E-state index in [0.717, 1.165) is 38.8 Å². The summed E-state index contributed by atoms with van der Waals surface area (Å²) in [6.45, 7) is 4.73. The molecule has 0 radical (unpaired) electrons. The lowest BCUT2D eigenvalue weighted by atomic mass is 10.0. The van der Waals surface area contributed by atoms with Crippen molar-refractivity contribution in [3.05, 3.63) is 29.8 Å². The summed E-state index contributed by atoms with van der Waals surface area (Å²) in [4.78, 5) is 14.5. The van der Waals surface area contributed by atoms with Crippen molar-refractivity contribution < 1.29 is 13.2 Å². The van der Waals surface area contributed by atoms with Crippen molar-refractivity contribution in [2.45, 2.75) is 37.5 Å². The van der Waals surface area contributed by atoms with E-state index in [-0.39, 0.29) is 10.8 Å². The maximum Gasteiger partial charge on any atom is 0.253 e. The average molecular weight is 336 g/mol. The van der Waals surface area contributed by atoms with Crippen LogP contribution in [0.4, 0.5) is 0 Å². The standard InChI is InChI=1S/C17H24N2O3S/c1-14-6-5-11-19(13-14)23(21,22)16-8-4-7-15(12-16)17(20)18-9-2-3-10-18/h4,7-8,12,14H,2-3,5-6,9-11,13H2,1H3. The number of rotatable bonds is 3. The summed E-state index contributed by atoms with van der Waals surface area (Å²) in [7, 11) is -3.51. The number of hydrogen-bond acceptors (Lipinski definition) is 3. The fourth-order valence-electron chi connectivity index (χ4n) is 3.41. The van der Waals surface area contributed by atoms with Gasteiger partial charge in [-0.15, -0.1) is 0 Å². The molecule has 5 nitrogen and oxygen atoms in total. The van der Waals surface area contributed by atoms with Gasteiger partial charge in [-0.3, -0.25) is 4.79 Å². The molecule has 1 unspecified atom stereocenters. The minimum atomic E-state index is -3.51. The predicted molar refractivity (Wildman–Crippen MR) is 88.7 cm³/mol. The van der Waals surface area contributed by atoms with E-state index < -0.39 is 10.0 Å². The topological polar surface area (TPSA) is 57.7 Å². The second-order valence-electron chi connectivity index (χ2n) is 6.64. The molecule has 3 rings (SSSR count). The van der Waals surface area contributed by atoms with Crippen molar-refractivity contribution in [3.8, 4) is 0 Å². The van der Waals surface area contributed by atoms with Crippen LogP contribution in [0.25, 0.3) is 0 Å². The Labute approximate surface area is 138 Å². The van der Waals surface area contributed by atoms with E-state index in [9.17, 15) is 13.2 Å². The quantitative estimate of drug-likeness (QED) is 0.851. The number of benzene rings is 1. The van der Waals surface area contributed by atoms with Gasteiger partial charge in [0, 0.05) is 31.7 Å². The lowest BCUT2D eigenvalue weighted by Crippen LogP contribution is -2.39. The second kappa shape index (κ2) is 6.61. The largest absolute Gasteiger partial charge is 0.339 e. The summed E-state index contributed by atoms with van der Waals surface area (Å²) < 4.78 is 27.2. The first-order valence-electron chi connectivity index (χ1n) is 8.38. The van der Waals surface area contributed by atoms with Crippen molar-refractivity contribution in [1.82, 2.24) is 9.21 Å². The Morgan fingerprint density at radius 1 is 1.13 bits per heavy atom. The summed E-state index contributed by atoms with van der Waals surface area (Å²) in [5, 5.41) is 0. The Kier molecular flexibility index (Phi) is 4.73. The Morgan fingerprint density at radius 2 is 1.87 bits per heavy atom. The highest BCUT2D eigenvalue weighted by molar-refractivity contribution is 7.89. The molecule has 2 heterocycles. The van der Waals surface area contributed by atoms with Gasteiger partial charge in [0.2, 0.25) is 10.0 Å². The van der Waals surface area contributed by atoms with Crippen LogP contribution in [0, 0.1) is 5.92 Å². The Hall–Kier alpha value is -1.40. The second-order valence-corrected chi connectivity index (χ2v) is 8.58. The number of nitrogens with zero attached hydrogens (tertiary/aromatic N) is 2. The first kappa shape index (κ1) is 16.5. The first-order valence-corrected chi connectivity index (χ1v) is 9.82. The molecule has 1 aromatic rings. The average Bonchev–Trinajstić information content (AvgIpc) is 3.09. The van der Waals surface area contributed by atoms with Gasteiger partial charge in [-0.2, -0.15) is 4.31 Å². The number of piperidine rings is 1. The lowest BCUT2D eigenvalue weighted by Gasteiger charge is -2.30. The fourth-order valence-corrected chi connectivity index (χ4v) is 5.05. The van der Waals surface area contributed by atoms with E-state index in [2.05, 4.69) is 6.92 Å². The molecule has 2 fully saturated rings. The third-order valence-electron chi connectivity index (χ3n) is 4.73. The minimum absolute atomic E-state index is 0.0634. The van der Waals surface area contributed by atoms with Crippen LogP contribution >= 0.6 is 0 Å². The van der Waals surface area contributed by atoms with Gasteiger partial charge in [0.05, 0.1) is 4.90 Å². The van der Waals surface area contributed by atoms with Crippen LogP contribution in [0.5, 0.6) is 0 Å². The summed E-state index contributed by atoms with van der Waals surface area (Å²) in [6, 6.07) is 6.51. The van der Waals surface area contributed by atoms with Crippen LogP contribution in [0.2, 0.25) is 0 Å². The van der Waals surface area contributed by atoms with E-state index in [4.69, 9.17) is 0 Å². The molecular formula is C17H24N2O3S. The molecule has 1 atom stereocenters. The highest BCUT2D eigenvalue weighted by atomic mass is 32.2. The van der Waals surface area contributed by atoms with E-state index in [1.165, 1.54) is 6.07 Å². The smallest absolute Gasteiger partial charge is 0.253 e. The molecule has 126 valence electrons. The number of carbonyl (C=O) groups is 1. The highest BCUT2D eigenvalue weighted by Crippen LogP contribution is 2.24. The van der Waals surface area contributed by atoms with Gasteiger partial charge in [0.15, 0.2) is 0 Å². The van der Waals surface area contributed by atoms with Gasteiger partial charge in [-0.25, -0.2) is 8.42 Å². The molecule has 6 heteroatoms. The zero-order valence-corrected chi connectivity index (χ0v) is 14.4. The van der Waals surface area contributed by atoms with Gasteiger partial charge in [-0.1, -0.05) is 13.0 Å². The van der Waals surface area contributed by atoms with Crippen LogP contribution in [0.1, 0.15) is 43.0 Å². The van der Waals surface area contributed by atoms with Crippen LogP contribution < -0.4 is 0 Å². The lowest BCUT2D eigenvalue weighted by molar-refractivity contribution is 0.0792. The molecule has 0 bridgehead atoms. The Bertz CT molecular complexity index is 681. The monoisotopic (exact) mass is 336 g/mol. The van der Waals surface area contributed by atoms with Crippen LogP contribution in [-0.2, 0) is 10.0 Å². The molecule has 0 spiro atoms. The Morgan fingerprint density at radius 3 is 2.57 bits per heavy atom. The number of likely N-dealkylation sites (tertiary alicyclic amines) is 1. The van der Waals surface area contributed by atoms with Crippen LogP contribution in [-0.4, -0.2) is 49.7 Å². The fraction of sp³-hybridized carbons (Fsp3) is 0.588. The first-order chi connectivity index (χ1) is 11.0. The van der Waals surface area contributed by atoms with Gasteiger partial charge in [0.25, 0.3) is 5.91 Å². The molecule has 2 saturated heterocycles. The van der Waals surface area contributed by atoms with E-state index >= 15 is 0 Å². The van der Waals surface area contributed by atoms with Crippen molar-refractivity contribution in [3.63, 3.8) is 0 Å². The predicted octanol–water partition coefficient (Wildman–Crippen LogP) is 2.34. The van der Waals surface area contributed by atoms with Crippen LogP contribution in [0.3, 0.4) is 0 Å². The number of sulfonamides is 1. The van der Waals surface area contributed by atoms with Gasteiger partial charge >= 0.3 is 0 Å². The number of carbonyl (C=O) groups excluding carboxylic acids is 1. The maximum absolute atomic E-state index is 12.8. The molecule has 2 aliphatic rings. The Balaban J connectivity index is 1.85. The minimum Gasteiger partial charge on any atom is -0.339 e. The highest BCUT2D eigenvalue weighted by Gasteiger charge is 2.29. The van der Waals surface area contributed by atoms with Gasteiger partial charge in [0.1, 0.15) is 0 Å². The molecule has 2 aliphatic heterocycles. The summed E-state index contributed by atoms with van der Waals surface area (Å²) in [5.74, 6) is 0.319. The SMILES string of the molecule is CC1CCCN(S(=O)(=O)c2cccc(C(=O)N3CCCC3)c2)C1. The molecule has 0 saturated carbocycles. The zero-order valence-electron chi connectivity index (χ0n) is 13.6. The van der Waals surface area contributed by atoms with E-state index in [1.807, 2.05) is 0 Å². The van der Waals surface area contributed by atoms with Crippen LogP contribution in [0.15, 0.2) is 29.2 Å².